The quantitative estimate of drug-likeness (QED) is 0.338. The Labute approximate surface area is 223 Å². The third-order valence-corrected chi connectivity index (χ3v) is 8.22. The van der Waals surface area contributed by atoms with Crippen LogP contribution in [0.1, 0.15) is 48.2 Å². The van der Waals surface area contributed by atoms with Crippen LogP contribution in [0.2, 0.25) is 0 Å². The van der Waals surface area contributed by atoms with Crippen molar-refractivity contribution in [3.63, 3.8) is 0 Å². The molecule has 1 heterocycles. The van der Waals surface area contributed by atoms with E-state index in [1.807, 2.05) is 67.6 Å². The van der Waals surface area contributed by atoms with Gasteiger partial charge in [0.2, 0.25) is 0 Å². The van der Waals surface area contributed by atoms with Gasteiger partial charge < -0.3 is 10.0 Å². The van der Waals surface area contributed by atoms with Crippen LogP contribution in [0.3, 0.4) is 0 Å². The second-order valence-corrected chi connectivity index (χ2v) is 11.0. The number of benzene rings is 3. The first kappa shape index (κ1) is 27.3. The average molecular weight is 534 g/mol. The van der Waals surface area contributed by atoms with Crippen LogP contribution >= 0.6 is 0 Å². The first-order valence-electron chi connectivity index (χ1n) is 12.6. The molecule has 1 saturated heterocycles. The Hall–Kier alpha value is -3.71. The van der Waals surface area contributed by atoms with E-state index in [0.717, 1.165) is 27.6 Å². The first-order chi connectivity index (χ1) is 18.2. The highest BCUT2D eigenvalue weighted by atomic mass is 32.2. The van der Waals surface area contributed by atoms with Crippen molar-refractivity contribution in [1.29, 1.82) is 0 Å². The monoisotopic (exact) mass is 533 g/mol. The van der Waals surface area contributed by atoms with Crippen molar-refractivity contribution < 1.29 is 23.1 Å². The summed E-state index contributed by atoms with van der Waals surface area (Å²) < 4.78 is 29.0. The van der Waals surface area contributed by atoms with Gasteiger partial charge in [-0.15, -0.1) is 0 Å². The van der Waals surface area contributed by atoms with E-state index in [4.69, 9.17) is 0 Å². The molecule has 9 heteroatoms. The Kier molecular flexibility index (Phi) is 8.47. The predicted molar refractivity (Wildman–Crippen MR) is 149 cm³/mol. The van der Waals surface area contributed by atoms with Gasteiger partial charge in [-0.3, -0.25) is 9.59 Å². The van der Waals surface area contributed by atoms with Gasteiger partial charge in [0.15, 0.2) is 5.78 Å². The summed E-state index contributed by atoms with van der Waals surface area (Å²) in [6.45, 7) is 4.89. The van der Waals surface area contributed by atoms with E-state index >= 15 is 0 Å². The molecule has 1 aliphatic rings. The van der Waals surface area contributed by atoms with Gasteiger partial charge in [-0.25, -0.2) is 0 Å². The number of aliphatic carboxylic acids is 1. The SMILES string of the molecule is CCCC(NS(=O)(=O)N1CCN(c2ccc(C#Cc3ccc4cccc(C(C)=O)c4c3)cc2)CC1)C(=O)O. The number of carboxylic acids is 1. The van der Waals surface area contributed by atoms with Gasteiger partial charge >= 0.3 is 5.97 Å². The number of carboxylic acid groups (broad SMARTS) is 1. The summed E-state index contributed by atoms with van der Waals surface area (Å²) in [4.78, 5) is 25.4. The third kappa shape index (κ3) is 6.40. The summed E-state index contributed by atoms with van der Waals surface area (Å²) >= 11 is 0. The van der Waals surface area contributed by atoms with Crippen molar-refractivity contribution in [3.05, 3.63) is 77.4 Å². The van der Waals surface area contributed by atoms with Crippen LogP contribution < -0.4 is 9.62 Å². The number of nitrogens with zero attached hydrogens (tertiary/aromatic N) is 2. The molecule has 1 atom stereocenters. The number of carbonyl (C=O) groups is 2. The number of anilines is 1. The number of rotatable bonds is 8. The molecule has 2 N–H and O–H groups in total. The number of ketones is 1. The van der Waals surface area contributed by atoms with E-state index in [0.29, 0.717) is 25.1 Å². The summed E-state index contributed by atoms with van der Waals surface area (Å²) in [7, 11) is -3.88. The van der Waals surface area contributed by atoms with Crippen LogP contribution in [0.25, 0.3) is 10.8 Å². The maximum Gasteiger partial charge on any atom is 0.321 e. The van der Waals surface area contributed by atoms with Crippen LogP contribution in [0, 0.1) is 11.8 Å². The molecule has 0 spiro atoms. The largest absolute Gasteiger partial charge is 0.480 e. The summed E-state index contributed by atoms with van der Waals surface area (Å²) in [5.41, 5.74) is 3.31. The number of hydrogen-bond donors (Lipinski definition) is 2. The summed E-state index contributed by atoms with van der Waals surface area (Å²) in [6, 6.07) is 18.2. The average Bonchev–Trinajstić information content (AvgIpc) is 2.91. The Morgan fingerprint density at radius 3 is 2.26 bits per heavy atom. The van der Waals surface area contributed by atoms with E-state index < -0.39 is 22.2 Å². The lowest BCUT2D eigenvalue weighted by molar-refractivity contribution is -0.139. The molecule has 1 aliphatic heterocycles. The molecule has 198 valence electrons. The van der Waals surface area contributed by atoms with Gasteiger partial charge in [0, 0.05) is 48.6 Å². The predicted octanol–water partition coefficient (Wildman–Crippen LogP) is 3.65. The van der Waals surface area contributed by atoms with Gasteiger partial charge in [-0.05, 0) is 60.5 Å². The molecule has 3 aromatic rings. The number of Topliss-reactive ketones (excluding diaryl/α,β-unsaturated/α-hetero) is 1. The van der Waals surface area contributed by atoms with Crippen molar-refractivity contribution in [3.8, 4) is 11.8 Å². The second-order valence-electron chi connectivity index (χ2n) is 9.28. The Balaban J connectivity index is 1.40. The summed E-state index contributed by atoms with van der Waals surface area (Å²) in [5.74, 6) is 5.20. The fourth-order valence-electron chi connectivity index (χ4n) is 4.52. The fraction of sp³-hybridized carbons (Fsp3) is 0.310. The Morgan fingerprint density at radius 2 is 1.63 bits per heavy atom. The molecule has 0 aromatic heterocycles. The summed E-state index contributed by atoms with van der Waals surface area (Å²) in [5, 5.41) is 11.2. The molecular weight excluding hydrogens is 502 g/mol. The Bertz CT molecular complexity index is 1500. The maximum atomic E-state index is 12.7. The van der Waals surface area contributed by atoms with Crippen LogP contribution in [0.5, 0.6) is 0 Å². The number of fused-ring (bicyclic) bond motifs is 1. The zero-order valence-corrected chi connectivity index (χ0v) is 22.3. The highest BCUT2D eigenvalue weighted by Crippen LogP contribution is 2.21. The van der Waals surface area contributed by atoms with Crippen molar-refractivity contribution in [2.75, 3.05) is 31.1 Å². The number of carbonyl (C=O) groups excluding carboxylic acids is 1. The van der Waals surface area contributed by atoms with Gasteiger partial charge in [0.25, 0.3) is 10.2 Å². The maximum absolute atomic E-state index is 12.7. The van der Waals surface area contributed by atoms with Crippen LogP contribution in [-0.4, -0.2) is 61.8 Å². The zero-order chi connectivity index (χ0) is 27.3. The number of piperazine rings is 1. The molecule has 1 unspecified atom stereocenters. The molecule has 0 radical (unpaired) electrons. The molecule has 1 fully saturated rings. The lowest BCUT2D eigenvalue weighted by Crippen LogP contribution is -2.54. The molecule has 38 heavy (non-hydrogen) atoms. The lowest BCUT2D eigenvalue weighted by Gasteiger charge is -2.35. The van der Waals surface area contributed by atoms with Crippen LogP contribution in [-0.2, 0) is 15.0 Å². The van der Waals surface area contributed by atoms with E-state index in [-0.39, 0.29) is 25.3 Å². The minimum atomic E-state index is -3.88. The van der Waals surface area contributed by atoms with Crippen molar-refractivity contribution >= 4 is 38.4 Å². The van der Waals surface area contributed by atoms with E-state index in [2.05, 4.69) is 21.5 Å². The molecule has 4 rings (SSSR count). The first-order valence-corrected chi connectivity index (χ1v) is 14.0. The van der Waals surface area contributed by atoms with Crippen molar-refractivity contribution in [1.82, 2.24) is 9.03 Å². The second kappa shape index (κ2) is 11.8. The van der Waals surface area contributed by atoms with Gasteiger partial charge in [-0.2, -0.15) is 17.4 Å². The fourth-order valence-corrected chi connectivity index (χ4v) is 5.89. The lowest BCUT2D eigenvalue weighted by atomic mass is 10.00. The van der Waals surface area contributed by atoms with Gasteiger partial charge in [0.1, 0.15) is 6.04 Å². The highest BCUT2D eigenvalue weighted by Gasteiger charge is 2.31. The van der Waals surface area contributed by atoms with Crippen molar-refractivity contribution in [2.45, 2.75) is 32.7 Å². The van der Waals surface area contributed by atoms with E-state index in [1.165, 1.54) is 4.31 Å². The molecule has 3 aromatic carbocycles. The molecular formula is C29H31N3O5S. The van der Waals surface area contributed by atoms with E-state index in [1.54, 1.807) is 6.92 Å². The molecule has 0 amide bonds. The van der Waals surface area contributed by atoms with Gasteiger partial charge in [-0.1, -0.05) is 49.5 Å². The van der Waals surface area contributed by atoms with Crippen molar-refractivity contribution in [2.24, 2.45) is 0 Å². The standard InChI is InChI=1S/C29H31N3O5S/c1-3-5-28(29(34)35)30-38(36,37)32-18-16-31(17-19-32)25-14-11-22(12-15-25)8-9-23-10-13-24-6-4-7-26(21(2)33)27(24)20-23/h4,6-7,10-15,20,28,30H,3,5,16-19H2,1-2H3,(H,34,35). The normalized spacial score (nSPS) is 15.1. The molecule has 0 aliphatic carbocycles. The molecule has 8 nitrogen and oxygen atoms in total. The minimum Gasteiger partial charge on any atom is -0.480 e. The number of nitrogens with one attached hydrogen (secondary N) is 1. The topological polar surface area (TPSA) is 107 Å². The van der Waals surface area contributed by atoms with Crippen LogP contribution in [0.15, 0.2) is 60.7 Å². The molecule has 0 saturated carbocycles. The third-order valence-electron chi connectivity index (χ3n) is 6.59. The van der Waals surface area contributed by atoms with E-state index in [9.17, 15) is 23.1 Å². The van der Waals surface area contributed by atoms with Gasteiger partial charge in [0.05, 0.1) is 0 Å². The highest BCUT2D eigenvalue weighted by molar-refractivity contribution is 7.87. The smallest absolute Gasteiger partial charge is 0.321 e. The van der Waals surface area contributed by atoms with Crippen LogP contribution in [0.4, 0.5) is 5.69 Å². The minimum absolute atomic E-state index is 0.0203. The Morgan fingerprint density at radius 1 is 0.974 bits per heavy atom. The zero-order valence-electron chi connectivity index (χ0n) is 21.5. The number of hydrogen-bond acceptors (Lipinski definition) is 5. The molecule has 0 bridgehead atoms. The summed E-state index contributed by atoms with van der Waals surface area (Å²) in [6.07, 6.45) is 0.806.